The minimum absolute atomic E-state index is 0.0998. The van der Waals surface area contributed by atoms with E-state index >= 15 is 0 Å². The van der Waals surface area contributed by atoms with Crippen LogP contribution in [0.4, 0.5) is 0 Å². The zero-order chi connectivity index (χ0) is 15.0. The summed E-state index contributed by atoms with van der Waals surface area (Å²) in [6.07, 6.45) is 0.880. The van der Waals surface area contributed by atoms with Gasteiger partial charge in [-0.15, -0.1) is 0 Å². The summed E-state index contributed by atoms with van der Waals surface area (Å²) in [5, 5.41) is 3.32. The number of sulfone groups is 1. The van der Waals surface area contributed by atoms with Gasteiger partial charge >= 0.3 is 0 Å². The van der Waals surface area contributed by atoms with Crippen molar-refractivity contribution in [2.24, 2.45) is 0 Å². The van der Waals surface area contributed by atoms with E-state index in [2.05, 4.69) is 37.9 Å². The summed E-state index contributed by atoms with van der Waals surface area (Å²) in [6, 6.07) is 0.0998. The van der Waals surface area contributed by atoms with Crippen LogP contribution in [-0.4, -0.2) is 68.2 Å². The van der Waals surface area contributed by atoms with Crippen LogP contribution < -0.4 is 5.32 Å². The highest BCUT2D eigenvalue weighted by Gasteiger charge is 2.38. The molecule has 5 nitrogen and oxygen atoms in total. The van der Waals surface area contributed by atoms with Gasteiger partial charge in [0.1, 0.15) is 0 Å². The predicted octanol–water partition coefficient (Wildman–Crippen LogP) is 0.653. The van der Waals surface area contributed by atoms with Crippen molar-refractivity contribution in [3.63, 3.8) is 0 Å². The number of nitrogens with zero attached hydrogens (tertiary/aromatic N) is 1. The summed E-state index contributed by atoms with van der Waals surface area (Å²) in [7, 11) is -2.84. The van der Waals surface area contributed by atoms with Crippen LogP contribution >= 0.6 is 0 Å². The Balaban J connectivity index is 1.87. The summed E-state index contributed by atoms with van der Waals surface area (Å²) < 4.78 is 29.4. The van der Waals surface area contributed by atoms with E-state index in [1.807, 2.05) is 0 Å². The average Bonchev–Trinajstić information content (AvgIpc) is 2.20. The van der Waals surface area contributed by atoms with Gasteiger partial charge < -0.3 is 10.1 Å². The molecule has 0 aromatic carbocycles. The van der Waals surface area contributed by atoms with E-state index in [-0.39, 0.29) is 28.7 Å². The molecular weight excluding hydrogens is 276 g/mol. The van der Waals surface area contributed by atoms with E-state index in [0.29, 0.717) is 6.54 Å². The quantitative estimate of drug-likeness (QED) is 0.830. The van der Waals surface area contributed by atoms with Gasteiger partial charge in [0.2, 0.25) is 0 Å². The third kappa shape index (κ3) is 4.69. The number of hydrogen-bond donors (Lipinski definition) is 1. The van der Waals surface area contributed by atoms with Crippen LogP contribution in [-0.2, 0) is 14.6 Å². The molecule has 0 bridgehead atoms. The normalized spacial score (nSPS) is 32.9. The molecule has 0 spiro atoms. The third-order valence-electron chi connectivity index (χ3n) is 3.86. The Bertz CT molecular complexity index is 429. The number of nitrogens with one attached hydrogen (secondary N) is 1. The second-order valence-corrected chi connectivity index (χ2v) is 9.61. The molecular formula is C14H28N2O3S. The zero-order valence-electron chi connectivity index (χ0n) is 13.1. The van der Waals surface area contributed by atoms with Crippen LogP contribution in [0.5, 0.6) is 0 Å². The topological polar surface area (TPSA) is 58.6 Å². The van der Waals surface area contributed by atoms with E-state index < -0.39 is 9.84 Å². The van der Waals surface area contributed by atoms with Crippen molar-refractivity contribution in [2.45, 2.75) is 51.4 Å². The minimum atomic E-state index is -2.84. The van der Waals surface area contributed by atoms with Gasteiger partial charge in [0.15, 0.2) is 9.84 Å². The largest absolute Gasteiger partial charge is 0.367 e. The molecule has 118 valence electrons. The molecule has 2 fully saturated rings. The van der Waals surface area contributed by atoms with Crippen molar-refractivity contribution in [3.05, 3.63) is 0 Å². The molecule has 2 rings (SSSR count). The van der Waals surface area contributed by atoms with Crippen LogP contribution in [0.1, 0.15) is 34.1 Å². The number of hydrogen-bond acceptors (Lipinski definition) is 5. The summed E-state index contributed by atoms with van der Waals surface area (Å²) in [4.78, 5) is 2.40. The van der Waals surface area contributed by atoms with Crippen molar-refractivity contribution in [3.8, 4) is 0 Å². The lowest BCUT2D eigenvalue weighted by molar-refractivity contribution is -0.180. The van der Waals surface area contributed by atoms with Gasteiger partial charge in [0.25, 0.3) is 0 Å². The van der Waals surface area contributed by atoms with E-state index in [1.165, 1.54) is 0 Å². The molecule has 1 unspecified atom stereocenters. The Labute approximate surface area is 123 Å². The van der Waals surface area contributed by atoms with E-state index in [4.69, 9.17) is 4.74 Å². The molecule has 0 amide bonds. The van der Waals surface area contributed by atoms with E-state index in [0.717, 1.165) is 26.1 Å². The van der Waals surface area contributed by atoms with Crippen molar-refractivity contribution in [1.29, 1.82) is 0 Å². The Morgan fingerprint density at radius 2 is 1.80 bits per heavy atom. The lowest BCUT2D eigenvalue weighted by Gasteiger charge is -2.47. The van der Waals surface area contributed by atoms with Crippen molar-refractivity contribution in [2.75, 3.05) is 37.7 Å². The molecule has 2 aliphatic rings. The maximum atomic E-state index is 11.6. The average molecular weight is 304 g/mol. The first kappa shape index (κ1) is 16.2. The van der Waals surface area contributed by atoms with Crippen LogP contribution in [0.2, 0.25) is 0 Å². The molecule has 1 N–H and O–H groups in total. The minimum Gasteiger partial charge on any atom is -0.367 e. The molecule has 0 aromatic heterocycles. The van der Waals surface area contributed by atoms with Crippen molar-refractivity contribution >= 4 is 9.84 Å². The van der Waals surface area contributed by atoms with E-state index in [9.17, 15) is 8.42 Å². The Kier molecular flexibility index (Phi) is 4.50. The Morgan fingerprint density at radius 1 is 1.20 bits per heavy atom. The molecule has 2 saturated heterocycles. The molecule has 0 saturated carbocycles. The SMILES string of the molecule is CC1(C)CN(CCC2CS(=O)(=O)CCN2)CC(C)(C)O1. The number of ether oxygens (including phenoxy) is 1. The molecule has 0 radical (unpaired) electrons. The van der Waals surface area contributed by atoms with Gasteiger partial charge in [0.05, 0.1) is 22.7 Å². The summed E-state index contributed by atoms with van der Waals surface area (Å²) in [5.41, 5.74) is -0.290. The highest BCUT2D eigenvalue weighted by atomic mass is 32.2. The highest BCUT2D eigenvalue weighted by Crippen LogP contribution is 2.28. The third-order valence-corrected chi connectivity index (χ3v) is 5.59. The van der Waals surface area contributed by atoms with Gasteiger partial charge in [-0.3, -0.25) is 4.90 Å². The van der Waals surface area contributed by atoms with Crippen LogP contribution in [0.3, 0.4) is 0 Å². The lowest BCUT2D eigenvalue weighted by atomic mass is 9.98. The van der Waals surface area contributed by atoms with E-state index in [1.54, 1.807) is 0 Å². The lowest BCUT2D eigenvalue weighted by Crippen LogP contribution is -2.58. The van der Waals surface area contributed by atoms with Crippen molar-refractivity contribution < 1.29 is 13.2 Å². The summed E-state index contributed by atoms with van der Waals surface area (Å²) in [6.45, 7) is 11.8. The Morgan fingerprint density at radius 3 is 2.35 bits per heavy atom. The van der Waals surface area contributed by atoms with Gasteiger partial charge in [0, 0.05) is 25.7 Å². The van der Waals surface area contributed by atoms with Crippen LogP contribution in [0.15, 0.2) is 0 Å². The molecule has 20 heavy (non-hydrogen) atoms. The molecule has 0 aromatic rings. The van der Waals surface area contributed by atoms with Crippen LogP contribution in [0.25, 0.3) is 0 Å². The molecule has 2 heterocycles. The highest BCUT2D eigenvalue weighted by molar-refractivity contribution is 7.91. The van der Waals surface area contributed by atoms with Gasteiger partial charge in [-0.05, 0) is 40.7 Å². The fourth-order valence-corrected chi connectivity index (χ4v) is 4.99. The summed E-state index contributed by atoms with van der Waals surface area (Å²) >= 11 is 0. The fourth-order valence-electron chi connectivity index (χ4n) is 3.49. The number of rotatable bonds is 3. The second-order valence-electron chi connectivity index (χ2n) is 7.39. The monoisotopic (exact) mass is 304 g/mol. The standard InChI is InChI=1S/C14H28N2O3S/c1-13(2)10-16(11-14(3,4)19-13)7-5-12-9-20(17,18)8-6-15-12/h12,15H,5-11H2,1-4H3. The summed E-state index contributed by atoms with van der Waals surface area (Å²) in [5.74, 6) is 0.561. The van der Waals surface area contributed by atoms with Crippen LogP contribution in [0, 0.1) is 0 Å². The second kappa shape index (κ2) is 5.55. The van der Waals surface area contributed by atoms with Crippen molar-refractivity contribution in [1.82, 2.24) is 10.2 Å². The maximum absolute atomic E-state index is 11.6. The zero-order valence-corrected chi connectivity index (χ0v) is 13.9. The first-order chi connectivity index (χ1) is 9.07. The molecule has 2 aliphatic heterocycles. The molecule has 1 atom stereocenters. The molecule has 0 aliphatic carbocycles. The fraction of sp³-hybridized carbons (Fsp3) is 1.00. The van der Waals surface area contributed by atoms with Gasteiger partial charge in [-0.25, -0.2) is 8.42 Å². The predicted molar refractivity (Wildman–Crippen MR) is 80.7 cm³/mol. The molecule has 6 heteroatoms. The first-order valence-electron chi connectivity index (χ1n) is 7.43. The Hall–Kier alpha value is -0.170. The maximum Gasteiger partial charge on any atom is 0.153 e. The van der Waals surface area contributed by atoms with Gasteiger partial charge in [-0.2, -0.15) is 0 Å². The van der Waals surface area contributed by atoms with Gasteiger partial charge in [-0.1, -0.05) is 0 Å². The smallest absolute Gasteiger partial charge is 0.153 e. The number of morpholine rings is 1. The first-order valence-corrected chi connectivity index (χ1v) is 9.25.